The largest absolute Gasteiger partial charge is 0.497 e. The van der Waals surface area contributed by atoms with Crippen molar-refractivity contribution in [1.82, 2.24) is 0 Å². The number of nitrogens with two attached hydrogens (primary N) is 1. The molecule has 0 aromatic heterocycles. The third kappa shape index (κ3) is 3.45. The van der Waals surface area contributed by atoms with Gasteiger partial charge in [0.2, 0.25) is 5.88 Å². The molecular formula is C24H22N2O3. The summed E-state index contributed by atoms with van der Waals surface area (Å²) >= 11 is 0. The topological polar surface area (TPSA) is 77.5 Å². The molecule has 0 fully saturated rings. The SMILES string of the molecule is COc1cccc(C=C2CCC3=C2OC(N)=C(C#N)C3c2cccc(OC)c2)c1. The van der Waals surface area contributed by atoms with Crippen molar-refractivity contribution in [3.8, 4) is 17.6 Å². The summed E-state index contributed by atoms with van der Waals surface area (Å²) < 4.78 is 16.6. The standard InChI is InChI=1S/C24H22N2O3/c1-27-18-7-3-5-15(12-18)11-17-9-10-20-22(16-6-4-8-19(13-16)28-2)21(14-25)24(26)29-23(17)20/h3-8,11-13,22H,9-10,26H2,1-2H3. The molecule has 1 atom stereocenters. The van der Waals surface area contributed by atoms with E-state index in [1.54, 1.807) is 14.2 Å². The fraction of sp³-hybridized carbons (Fsp3) is 0.208. The molecule has 2 aliphatic rings. The summed E-state index contributed by atoms with van der Waals surface area (Å²) in [6.07, 6.45) is 3.73. The molecule has 29 heavy (non-hydrogen) atoms. The zero-order valence-electron chi connectivity index (χ0n) is 16.4. The summed E-state index contributed by atoms with van der Waals surface area (Å²) in [5.41, 5.74) is 10.8. The second kappa shape index (κ2) is 7.76. The lowest BCUT2D eigenvalue weighted by atomic mass is 9.83. The second-order valence-electron chi connectivity index (χ2n) is 7.00. The minimum Gasteiger partial charge on any atom is -0.497 e. The highest BCUT2D eigenvalue weighted by molar-refractivity contribution is 5.64. The summed E-state index contributed by atoms with van der Waals surface area (Å²) in [5.74, 6) is 2.26. The molecule has 0 spiro atoms. The first-order valence-electron chi connectivity index (χ1n) is 9.44. The molecule has 0 saturated heterocycles. The third-order valence-corrected chi connectivity index (χ3v) is 5.34. The maximum absolute atomic E-state index is 9.75. The van der Waals surface area contributed by atoms with Gasteiger partial charge in [0.1, 0.15) is 28.9 Å². The summed E-state index contributed by atoms with van der Waals surface area (Å²) in [5, 5.41) is 9.75. The number of nitriles is 1. The Labute approximate surface area is 170 Å². The van der Waals surface area contributed by atoms with Crippen molar-refractivity contribution in [3.05, 3.63) is 88.0 Å². The van der Waals surface area contributed by atoms with Gasteiger partial charge in [-0.15, -0.1) is 0 Å². The highest BCUT2D eigenvalue weighted by atomic mass is 16.5. The Morgan fingerprint density at radius 2 is 1.79 bits per heavy atom. The number of rotatable bonds is 4. The van der Waals surface area contributed by atoms with Crippen molar-refractivity contribution in [2.45, 2.75) is 18.8 Å². The van der Waals surface area contributed by atoms with Gasteiger partial charge in [-0.05, 0) is 65.5 Å². The lowest BCUT2D eigenvalue weighted by Gasteiger charge is -2.26. The summed E-state index contributed by atoms with van der Waals surface area (Å²) in [7, 11) is 3.29. The Morgan fingerprint density at radius 1 is 1.07 bits per heavy atom. The Kier molecular flexibility index (Phi) is 5.01. The van der Waals surface area contributed by atoms with Crippen LogP contribution in [0.5, 0.6) is 11.5 Å². The minimum absolute atomic E-state index is 0.164. The van der Waals surface area contributed by atoms with E-state index in [9.17, 15) is 5.26 Å². The number of nitrogens with zero attached hydrogens (tertiary/aromatic N) is 1. The Balaban J connectivity index is 1.79. The first-order valence-corrected chi connectivity index (χ1v) is 9.44. The van der Waals surface area contributed by atoms with E-state index in [1.165, 1.54) is 0 Å². The fourth-order valence-corrected chi connectivity index (χ4v) is 3.97. The minimum atomic E-state index is -0.227. The van der Waals surface area contributed by atoms with Crippen LogP contribution in [0.2, 0.25) is 0 Å². The predicted molar refractivity (Wildman–Crippen MR) is 111 cm³/mol. The quantitative estimate of drug-likeness (QED) is 0.828. The van der Waals surface area contributed by atoms with Crippen LogP contribution in [0, 0.1) is 11.3 Å². The molecular weight excluding hydrogens is 364 g/mol. The number of hydrogen-bond donors (Lipinski definition) is 1. The van der Waals surface area contributed by atoms with Crippen LogP contribution in [0.15, 0.2) is 76.9 Å². The van der Waals surface area contributed by atoms with Gasteiger partial charge in [-0.1, -0.05) is 24.3 Å². The molecule has 1 heterocycles. The third-order valence-electron chi connectivity index (χ3n) is 5.34. The zero-order valence-corrected chi connectivity index (χ0v) is 16.4. The van der Waals surface area contributed by atoms with Crippen LogP contribution in [-0.2, 0) is 4.74 Å². The molecule has 5 nitrogen and oxygen atoms in total. The van der Waals surface area contributed by atoms with Gasteiger partial charge in [-0.2, -0.15) is 5.26 Å². The normalized spacial score (nSPS) is 19.6. The van der Waals surface area contributed by atoms with Crippen LogP contribution in [0.1, 0.15) is 29.9 Å². The van der Waals surface area contributed by atoms with Gasteiger partial charge in [0.25, 0.3) is 0 Å². The maximum atomic E-state index is 9.75. The number of allylic oxidation sites excluding steroid dienone is 3. The van der Waals surface area contributed by atoms with E-state index in [2.05, 4.69) is 12.1 Å². The number of ether oxygens (including phenoxy) is 3. The van der Waals surface area contributed by atoms with Crippen molar-refractivity contribution < 1.29 is 14.2 Å². The molecule has 146 valence electrons. The van der Waals surface area contributed by atoms with Gasteiger partial charge < -0.3 is 19.9 Å². The fourth-order valence-electron chi connectivity index (χ4n) is 3.97. The molecule has 2 aromatic carbocycles. The summed E-state index contributed by atoms with van der Waals surface area (Å²) in [6, 6.07) is 17.9. The Bertz CT molecular complexity index is 1090. The van der Waals surface area contributed by atoms with Crippen molar-refractivity contribution in [2.24, 2.45) is 5.73 Å². The van der Waals surface area contributed by atoms with Crippen molar-refractivity contribution >= 4 is 6.08 Å². The number of methoxy groups -OCH3 is 2. The van der Waals surface area contributed by atoms with E-state index in [1.807, 2.05) is 48.5 Å². The van der Waals surface area contributed by atoms with Gasteiger partial charge in [0.15, 0.2) is 0 Å². The van der Waals surface area contributed by atoms with E-state index >= 15 is 0 Å². The second-order valence-corrected chi connectivity index (χ2v) is 7.00. The lowest BCUT2D eigenvalue weighted by molar-refractivity contribution is 0.292. The molecule has 0 saturated carbocycles. The van der Waals surface area contributed by atoms with Crippen LogP contribution in [0.4, 0.5) is 0 Å². The van der Waals surface area contributed by atoms with Crippen LogP contribution in [-0.4, -0.2) is 14.2 Å². The highest BCUT2D eigenvalue weighted by Gasteiger charge is 2.37. The van der Waals surface area contributed by atoms with E-state index in [0.717, 1.165) is 52.4 Å². The van der Waals surface area contributed by atoms with Crippen LogP contribution in [0.3, 0.4) is 0 Å². The van der Waals surface area contributed by atoms with E-state index in [-0.39, 0.29) is 11.8 Å². The van der Waals surface area contributed by atoms with Gasteiger partial charge in [0, 0.05) is 5.92 Å². The molecule has 5 heteroatoms. The first kappa shape index (κ1) is 18.7. The zero-order chi connectivity index (χ0) is 20.4. The average Bonchev–Trinajstić information content (AvgIpc) is 3.14. The molecule has 1 aliphatic carbocycles. The Hall–Kier alpha value is -3.65. The van der Waals surface area contributed by atoms with Crippen molar-refractivity contribution in [2.75, 3.05) is 14.2 Å². The Morgan fingerprint density at radius 3 is 2.52 bits per heavy atom. The van der Waals surface area contributed by atoms with Gasteiger partial charge in [-0.3, -0.25) is 0 Å². The predicted octanol–water partition coefficient (Wildman–Crippen LogP) is 4.64. The molecule has 0 amide bonds. The van der Waals surface area contributed by atoms with Crippen molar-refractivity contribution in [1.29, 1.82) is 5.26 Å². The van der Waals surface area contributed by atoms with E-state index in [4.69, 9.17) is 19.9 Å². The molecule has 1 unspecified atom stereocenters. The number of benzene rings is 2. The van der Waals surface area contributed by atoms with Gasteiger partial charge >= 0.3 is 0 Å². The lowest BCUT2D eigenvalue weighted by Crippen LogP contribution is -2.19. The molecule has 2 N–H and O–H groups in total. The molecule has 4 rings (SSSR count). The molecule has 2 aromatic rings. The average molecular weight is 386 g/mol. The monoisotopic (exact) mass is 386 g/mol. The van der Waals surface area contributed by atoms with E-state index < -0.39 is 0 Å². The van der Waals surface area contributed by atoms with Crippen LogP contribution in [0.25, 0.3) is 6.08 Å². The van der Waals surface area contributed by atoms with E-state index in [0.29, 0.717) is 5.57 Å². The van der Waals surface area contributed by atoms with Crippen LogP contribution >= 0.6 is 0 Å². The highest BCUT2D eigenvalue weighted by Crippen LogP contribution is 2.48. The maximum Gasteiger partial charge on any atom is 0.205 e. The smallest absolute Gasteiger partial charge is 0.205 e. The summed E-state index contributed by atoms with van der Waals surface area (Å²) in [4.78, 5) is 0. The summed E-state index contributed by atoms with van der Waals surface area (Å²) in [6.45, 7) is 0. The number of hydrogen-bond acceptors (Lipinski definition) is 5. The molecule has 0 radical (unpaired) electrons. The van der Waals surface area contributed by atoms with Crippen LogP contribution < -0.4 is 15.2 Å². The first-order chi connectivity index (χ1) is 14.1. The van der Waals surface area contributed by atoms with Crippen molar-refractivity contribution in [3.63, 3.8) is 0 Å². The van der Waals surface area contributed by atoms with Gasteiger partial charge in [-0.25, -0.2) is 0 Å². The van der Waals surface area contributed by atoms with Gasteiger partial charge in [0.05, 0.1) is 14.2 Å². The molecule has 0 bridgehead atoms. The molecule has 1 aliphatic heterocycles.